The van der Waals surface area contributed by atoms with Gasteiger partial charge in [-0.05, 0) is 58.0 Å². The molecule has 1 amide bonds. The van der Waals surface area contributed by atoms with Crippen LogP contribution in [0.2, 0.25) is 0 Å². The second kappa shape index (κ2) is 9.18. The van der Waals surface area contributed by atoms with Crippen LogP contribution in [0.1, 0.15) is 42.1 Å². The first-order valence-corrected chi connectivity index (χ1v) is 10.0. The first-order valence-electron chi connectivity index (χ1n) is 10.0. The normalized spacial score (nSPS) is 17.5. The van der Waals surface area contributed by atoms with E-state index in [4.69, 9.17) is 0 Å². The average molecular weight is 369 g/mol. The smallest absolute Gasteiger partial charge is 0.227 e. The second-order valence-electron chi connectivity index (χ2n) is 7.92. The molecule has 5 nitrogen and oxygen atoms in total. The summed E-state index contributed by atoms with van der Waals surface area (Å²) in [5.41, 5.74) is 2.32. The number of carbonyl (C=O) groups is 1. The van der Waals surface area contributed by atoms with Crippen LogP contribution in [0.25, 0.3) is 0 Å². The quantitative estimate of drug-likeness (QED) is 0.754. The van der Waals surface area contributed by atoms with Gasteiger partial charge in [0.1, 0.15) is 5.82 Å². The van der Waals surface area contributed by atoms with Crippen molar-refractivity contribution in [2.45, 2.75) is 45.1 Å². The number of nitrogens with zero attached hydrogens (tertiary/aromatic N) is 4. The molecule has 0 saturated carbocycles. The molecule has 27 heavy (non-hydrogen) atoms. The van der Waals surface area contributed by atoms with E-state index in [9.17, 15) is 4.79 Å². The zero-order chi connectivity index (χ0) is 19.2. The number of aryl methyl sites for hydroxylation is 2. The molecule has 1 aromatic heterocycles. The maximum Gasteiger partial charge on any atom is 0.227 e. The maximum atomic E-state index is 12.9. The fourth-order valence-corrected chi connectivity index (χ4v) is 3.92. The molecular weight excluding hydrogens is 336 g/mol. The van der Waals surface area contributed by atoms with Gasteiger partial charge in [-0.3, -0.25) is 4.79 Å². The third kappa shape index (κ3) is 5.19. The molecule has 1 fully saturated rings. The fourth-order valence-electron chi connectivity index (χ4n) is 3.92. The molecule has 2 aromatic rings. The third-order valence-electron chi connectivity index (χ3n) is 5.49. The van der Waals surface area contributed by atoms with Gasteiger partial charge in [-0.25, -0.2) is 4.98 Å². The summed E-state index contributed by atoms with van der Waals surface area (Å²) in [6, 6.07) is 8.17. The van der Waals surface area contributed by atoms with Crippen LogP contribution in [0.15, 0.2) is 36.7 Å². The van der Waals surface area contributed by atoms with Gasteiger partial charge in [-0.15, -0.1) is 0 Å². The lowest BCUT2D eigenvalue weighted by molar-refractivity contribution is -0.131. The Kier molecular flexibility index (Phi) is 6.67. The van der Waals surface area contributed by atoms with Crippen molar-refractivity contribution < 1.29 is 4.79 Å². The van der Waals surface area contributed by atoms with Gasteiger partial charge in [0.25, 0.3) is 0 Å². The highest BCUT2D eigenvalue weighted by Gasteiger charge is 2.27. The van der Waals surface area contributed by atoms with Gasteiger partial charge in [-0.1, -0.05) is 24.3 Å². The molecule has 0 bridgehead atoms. The number of piperidine rings is 1. The van der Waals surface area contributed by atoms with Crippen molar-refractivity contribution in [2.24, 2.45) is 0 Å². The molecule has 0 N–H and O–H groups in total. The van der Waals surface area contributed by atoms with Crippen molar-refractivity contribution in [3.8, 4) is 0 Å². The highest BCUT2D eigenvalue weighted by atomic mass is 16.2. The molecule has 1 saturated heterocycles. The molecule has 1 atom stereocenters. The van der Waals surface area contributed by atoms with Gasteiger partial charge >= 0.3 is 0 Å². The van der Waals surface area contributed by atoms with E-state index in [-0.39, 0.29) is 5.91 Å². The van der Waals surface area contributed by atoms with E-state index in [1.165, 1.54) is 5.56 Å². The van der Waals surface area contributed by atoms with Crippen LogP contribution in [-0.4, -0.2) is 59.0 Å². The Balaban J connectivity index is 1.62. The van der Waals surface area contributed by atoms with Crippen molar-refractivity contribution in [1.82, 2.24) is 19.4 Å². The molecule has 1 aliphatic rings. The minimum absolute atomic E-state index is 0.236. The molecule has 1 aliphatic heterocycles. The Labute approximate surface area is 163 Å². The van der Waals surface area contributed by atoms with Crippen LogP contribution in [0, 0.1) is 6.92 Å². The number of carbonyl (C=O) groups excluding carboxylic acids is 1. The minimum Gasteiger partial charge on any atom is -0.342 e. The predicted octanol–water partition coefficient (Wildman–Crippen LogP) is 3.09. The van der Waals surface area contributed by atoms with Crippen LogP contribution in [0.5, 0.6) is 0 Å². The van der Waals surface area contributed by atoms with E-state index >= 15 is 0 Å². The monoisotopic (exact) mass is 368 g/mol. The first-order chi connectivity index (χ1) is 13.0. The van der Waals surface area contributed by atoms with Crippen molar-refractivity contribution in [3.05, 3.63) is 53.6 Å². The average Bonchev–Trinajstić information content (AvgIpc) is 3.12. The lowest BCUT2D eigenvalue weighted by Gasteiger charge is -2.33. The summed E-state index contributed by atoms with van der Waals surface area (Å²) in [5.74, 6) is 1.72. The Morgan fingerprint density at radius 1 is 1.30 bits per heavy atom. The zero-order valence-corrected chi connectivity index (χ0v) is 16.9. The van der Waals surface area contributed by atoms with Crippen LogP contribution < -0.4 is 0 Å². The fraction of sp³-hybridized carbons (Fsp3) is 0.545. The van der Waals surface area contributed by atoms with Crippen LogP contribution in [0.4, 0.5) is 0 Å². The summed E-state index contributed by atoms with van der Waals surface area (Å²) < 4.78 is 2.28. The molecular formula is C22H32N4O. The van der Waals surface area contributed by atoms with E-state index in [1.807, 2.05) is 23.2 Å². The number of benzene rings is 1. The lowest BCUT2D eigenvalue weighted by atomic mass is 9.96. The summed E-state index contributed by atoms with van der Waals surface area (Å²) in [7, 11) is 4.21. The Morgan fingerprint density at radius 3 is 2.89 bits per heavy atom. The Hall–Kier alpha value is -2.14. The standard InChI is InChI=1S/C22H32N4O/c1-18-8-4-5-9-19(18)16-21(27)26-13-6-10-20(17-26)22-23-11-15-25(22)14-7-12-24(2)3/h4-5,8-9,11,15,20H,6-7,10,12-14,16-17H2,1-3H3/t20-/m1/s1. The summed E-state index contributed by atoms with van der Waals surface area (Å²) in [5, 5.41) is 0. The van der Waals surface area contributed by atoms with Crippen LogP contribution in [-0.2, 0) is 17.8 Å². The molecule has 0 aliphatic carbocycles. The van der Waals surface area contributed by atoms with E-state index < -0.39 is 0 Å². The van der Waals surface area contributed by atoms with Crippen molar-refractivity contribution in [2.75, 3.05) is 33.7 Å². The molecule has 1 aromatic carbocycles. The van der Waals surface area contributed by atoms with Gasteiger partial charge in [0, 0.05) is 37.9 Å². The highest BCUT2D eigenvalue weighted by Crippen LogP contribution is 2.26. The van der Waals surface area contributed by atoms with Gasteiger partial charge in [0.05, 0.1) is 6.42 Å². The van der Waals surface area contributed by atoms with Gasteiger partial charge in [0.15, 0.2) is 0 Å². The molecule has 0 unspecified atom stereocenters. The summed E-state index contributed by atoms with van der Waals surface area (Å²) >= 11 is 0. The van der Waals surface area contributed by atoms with Crippen molar-refractivity contribution in [1.29, 1.82) is 0 Å². The molecule has 146 valence electrons. The van der Waals surface area contributed by atoms with E-state index in [2.05, 4.69) is 53.8 Å². The van der Waals surface area contributed by atoms with Crippen LogP contribution >= 0.6 is 0 Å². The molecule has 0 radical (unpaired) electrons. The predicted molar refractivity (Wildman–Crippen MR) is 109 cm³/mol. The van der Waals surface area contributed by atoms with Gasteiger partial charge in [-0.2, -0.15) is 0 Å². The molecule has 3 rings (SSSR count). The Morgan fingerprint density at radius 2 is 2.11 bits per heavy atom. The van der Waals surface area contributed by atoms with E-state index in [1.54, 1.807) is 0 Å². The number of rotatable bonds is 7. The highest BCUT2D eigenvalue weighted by molar-refractivity contribution is 5.79. The minimum atomic E-state index is 0.236. The van der Waals surface area contributed by atoms with Crippen LogP contribution in [0.3, 0.4) is 0 Å². The molecule has 5 heteroatoms. The third-order valence-corrected chi connectivity index (χ3v) is 5.49. The number of likely N-dealkylation sites (tertiary alicyclic amines) is 1. The first kappa shape index (κ1) is 19.6. The number of hydrogen-bond acceptors (Lipinski definition) is 3. The number of amides is 1. The SMILES string of the molecule is Cc1ccccc1CC(=O)N1CCC[C@@H](c2nccn2CCCN(C)C)C1. The number of hydrogen-bond donors (Lipinski definition) is 0. The number of aromatic nitrogens is 2. The molecule has 0 spiro atoms. The largest absolute Gasteiger partial charge is 0.342 e. The number of imidazole rings is 1. The van der Waals surface area contributed by atoms with Crippen molar-refractivity contribution in [3.63, 3.8) is 0 Å². The van der Waals surface area contributed by atoms with E-state index in [0.717, 1.165) is 56.8 Å². The van der Waals surface area contributed by atoms with Crippen molar-refractivity contribution >= 4 is 5.91 Å². The summed E-state index contributed by atoms with van der Waals surface area (Å²) in [4.78, 5) is 21.8. The molecule has 2 heterocycles. The topological polar surface area (TPSA) is 41.4 Å². The summed E-state index contributed by atoms with van der Waals surface area (Å²) in [6.07, 6.45) is 7.75. The maximum absolute atomic E-state index is 12.9. The second-order valence-corrected chi connectivity index (χ2v) is 7.92. The summed E-state index contributed by atoms with van der Waals surface area (Å²) in [6.45, 7) is 5.79. The van der Waals surface area contributed by atoms with Gasteiger partial charge < -0.3 is 14.4 Å². The Bertz CT molecular complexity index is 752. The van der Waals surface area contributed by atoms with E-state index in [0.29, 0.717) is 12.3 Å². The lowest BCUT2D eigenvalue weighted by Crippen LogP contribution is -2.40. The zero-order valence-electron chi connectivity index (χ0n) is 16.9. The van der Waals surface area contributed by atoms with Gasteiger partial charge in [0.2, 0.25) is 5.91 Å².